The van der Waals surface area contributed by atoms with Crippen LogP contribution in [0.1, 0.15) is 29.7 Å². The molecule has 0 N–H and O–H groups in total. The van der Waals surface area contributed by atoms with Crippen LogP contribution < -0.4 is 29.1 Å². The molecule has 6 rings (SSSR count). The molecule has 0 radical (unpaired) electrons. The maximum absolute atomic E-state index is 14.0. The zero-order valence-electron chi connectivity index (χ0n) is 22.0. The lowest BCUT2D eigenvalue weighted by Crippen LogP contribution is -2.40. The number of ether oxygens (including phenoxy) is 4. The van der Waals surface area contributed by atoms with Gasteiger partial charge in [0.15, 0.2) is 16.3 Å². The number of aromatic nitrogens is 1. The molecule has 0 aliphatic carbocycles. The summed E-state index contributed by atoms with van der Waals surface area (Å²) < 4.78 is 24.3. The fraction of sp³-hybridized carbons (Fsp3) is 0.194. The predicted molar refractivity (Wildman–Crippen MR) is 151 cm³/mol. The number of thiazole rings is 1. The van der Waals surface area contributed by atoms with Gasteiger partial charge >= 0.3 is 5.97 Å². The average molecular weight is 555 g/mol. The van der Waals surface area contributed by atoms with Crippen LogP contribution in [0.5, 0.6) is 17.2 Å². The molecule has 0 unspecified atom stereocenters. The molecule has 2 aliphatic heterocycles. The number of carbonyl (C=O) groups excluding carboxylic acids is 1. The smallest absolute Gasteiger partial charge is 0.338 e. The Labute approximate surface area is 234 Å². The Hall–Kier alpha value is -4.63. The molecule has 1 aromatic heterocycles. The second kappa shape index (κ2) is 10.9. The fourth-order valence-electron chi connectivity index (χ4n) is 4.84. The van der Waals surface area contributed by atoms with Crippen LogP contribution in [0.25, 0.3) is 11.8 Å². The molecule has 0 fully saturated rings. The summed E-state index contributed by atoms with van der Waals surface area (Å²) in [5.74, 6) is 1.46. The van der Waals surface area contributed by atoms with Gasteiger partial charge in [0.25, 0.3) is 5.56 Å². The number of benzene rings is 3. The van der Waals surface area contributed by atoms with Gasteiger partial charge < -0.3 is 18.9 Å². The Morgan fingerprint density at radius 1 is 1.05 bits per heavy atom. The van der Waals surface area contributed by atoms with Crippen LogP contribution in [0.15, 0.2) is 88.2 Å². The van der Waals surface area contributed by atoms with Crippen molar-refractivity contribution in [2.24, 2.45) is 4.99 Å². The maximum atomic E-state index is 14.0. The van der Waals surface area contributed by atoms with E-state index in [1.165, 1.54) is 11.3 Å². The molecule has 40 heavy (non-hydrogen) atoms. The molecule has 3 aromatic carbocycles. The van der Waals surface area contributed by atoms with Gasteiger partial charge in [0, 0.05) is 5.56 Å². The Morgan fingerprint density at radius 2 is 1.80 bits per heavy atom. The third-order valence-electron chi connectivity index (χ3n) is 6.67. The lowest BCUT2D eigenvalue weighted by atomic mass is 9.93. The zero-order chi connectivity index (χ0) is 27.6. The van der Waals surface area contributed by atoms with E-state index in [-0.39, 0.29) is 12.2 Å². The minimum absolute atomic E-state index is 0.189. The van der Waals surface area contributed by atoms with Crippen LogP contribution in [0.3, 0.4) is 0 Å². The molecule has 9 heteroatoms. The fourth-order valence-corrected chi connectivity index (χ4v) is 5.84. The summed E-state index contributed by atoms with van der Waals surface area (Å²) in [6.07, 6.45) is 1.81. The van der Waals surface area contributed by atoms with Gasteiger partial charge in [-0.25, -0.2) is 9.79 Å². The van der Waals surface area contributed by atoms with E-state index in [4.69, 9.17) is 23.9 Å². The Balaban J connectivity index is 1.59. The second-order valence-electron chi connectivity index (χ2n) is 9.11. The molecular weight excluding hydrogens is 528 g/mol. The molecule has 8 nitrogen and oxygen atoms in total. The lowest BCUT2D eigenvalue weighted by Gasteiger charge is -2.26. The normalized spacial score (nSPS) is 16.2. The highest BCUT2D eigenvalue weighted by atomic mass is 32.1. The van der Waals surface area contributed by atoms with E-state index in [1.807, 2.05) is 78.9 Å². The summed E-state index contributed by atoms with van der Waals surface area (Å²) in [4.78, 5) is 32.9. The highest BCUT2D eigenvalue weighted by Crippen LogP contribution is 2.36. The predicted octanol–water partition coefficient (Wildman–Crippen LogP) is 3.72. The van der Waals surface area contributed by atoms with E-state index in [2.05, 4.69) is 0 Å². The molecule has 202 valence electrons. The van der Waals surface area contributed by atoms with Gasteiger partial charge in [-0.3, -0.25) is 9.36 Å². The van der Waals surface area contributed by atoms with Crippen LogP contribution in [-0.4, -0.2) is 37.5 Å². The third-order valence-corrected chi connectivity index (χ3v) is 7.65. The molecular formula is C31H26N2O6S. The van der Waals surface area contributed by atoms with Gasteiger partial charge in [-0.15, -0.1) is 0 Å². The van der Waals surface area contributed by atoms with Gasteiger partial charge in [0.1, 0.15) is 19.0 Å². The van der Waals surface area contributed by atoms with E-state index in [9.17, 15) is 9.59 Å². The van der Waals surface area contributed by atoms with Crippen molar-refractivity contribution in [3.05, 3.63) is 115 Å². The molecule has 0 saturated heterocycles. The van der Waals surface area contributed by atoms with Crippen molar-refractivity contribution in [1.82, 2.24) is 4.57 Å². The summed E-state index contributed by atoms with van der Waals surface area (Å²) in [5.41, 5.74) is 2.81. The highest BCUT2D eigenvalue weighted by Gasteiger charge is 2.35. The number of esters is 1. The van der Waals surface area contributed by atoms with E-state index >= 15 is 0 Å². The minimum Gasteiger partial charge on any atom is -0.497 e. The summed E-state index contributed by atoms with van der Waals surface area (Å²) in [6.45, 7) is 2.92. The van der Waals surface area contributed by atoms with Crippen molar-refractivity contribution in [3.63, 3.8) is 0 Å². The number of rotatable bonds is 6. The van der Waals surface area contributed by atoms with Crippen LogP contribution in [0.4, 0.5) is 0 Å². The van der Waals surface area contributed by atoms with Crippen molar-refractivity contribution < 1.29 is 23.7 Å². The van der Waals surface area contributed by atoms with Crippen LogP contribution in [-0.2, 0) is 9.53 Å². The van der Waals surface area contributed by atoms with Gasteiger partial charge in [0.05, 0.1) is 35.6 Å². The minimum atomic E-state index is -0.751. The van der Waals surface area contributed by atoms with Crippen LogP contribution in [0, 0.1) is 0 Å². The topological polar surface area (TPSA) is 88.4 Å². The number of fused-ring (bicyclic) bond motifs is 2. The molecule has 3 heterocycles. The van der Waals surface area contributed by atoms with Crippen LogP contribution >= 0.6 is 11.3 Å². The maximum Gasteiger partial charge on any atom is 0.338 e. The SMILES string of the molecule is CCOC(=O)C1=C(c2ccccc2)N=c2s/c(=C\c3ccc4c(c3)OCCO4)c(=O)n2[C@H]1c1ccc(OC)cc1. The first-order valence-electron chi connectivity index (χ1n) is 12.9. The quantitative estimate of drug-likeness (QED) is 0.338. The van der Waals surface area contributed by atoms with E-state index in [0.29, 0.717) is 51.1 Å². The number of hydrogen-bond donors (Lipinski definition) is 0. The molecule has 0 amide bonds. The van der Waals surface area contributed by atoms with Gasteiger partial charge in [-0.05, 0) is 48.4 Å². The summed E-state index contributed by atoms with van der Waals surface area (Å²) >= 11 is 1.27. The largest absolute Gasteiger partial charge is 0.497 e. The molecule has 1 atom stereocenters. The molecule has 0 saturated carbocycles. The van der Waals surface area contributed by atoms with Crippen molar-refractivity contribution in [3.8, 4) is 17.2 Å². The number of nitrogens with zero attached hydrogens (tertiary/aromatic N) is 2. The van der Waals surface area contributed by atoms with Crippen molar-refractivity contribution in [1.29, 1.82) is 0 Å². The van der Waals surface area contributed by atoms with Crippen molar-refractivity contribution >= 4 is 29.1 Å². The lowest BCUT2D eigenvalue weighted by molar-refractivity contribution is -0.138. The summed E-state index contributed by atoms with van der Waals surface area (Å²) in [6, 6.07) is 21.6. The first-order chi connectivity index (χ1) is 19.6. The molecule has 0 bridgehead atoms. The second-order valence-corrected chi connectivity index (χ2v) is 10.1. The summed E-state index contributed by atoms with van der Waals surface area (Å²) in [5, 5.41) is 0. The van der Waals surface area contributed by atoms with E-state index in [1.54, 1.807) is 18.6 Å². The van der Waals surface area contributed by atoms with Crippen molar-refractivity contribution in [2.45, 2.75) is 13.0 Å². The number of methoxy groups -OCH3 is 1. The van der Waals surface area contributed by atoms with Gasteiger partial charge in [0.2, 0.25) is 0 Å². The molecule has 0 spiro atoms. The third kappa shape index (κ3) is 4.69. The first-order valence-corrected chi connectivity index (χ1v) is 13.7. The Morgan fingerprint density at radius 3 is 2.52 bits per heavy atom. The van der Waals surface area contributed by atoms with Gasteiger partial charge in [-0.2, -0.15) is 0 Å². The molecule has 2 aliphatic rings. The van der Waals surface area contributed by atoms with E-state index < -0.39 is 12.0 Å². The van der Waals surface area contributed by atoms with Gasteiger partial charge in [-0.1, -0.05) is 59.9 Å². The zero-order valence-corrected chi connectivity index (χ0v) is 22.8. The number of carbonyl (C=O) groups is 1. The van der Waals surface area contributed by atoms with Crippen LogP contribution in [0.2, 0.25) is 0 Å². The monoisotopic (exact) mass is 554 g/mol. The number of hydrogen-bond acceptors (Lipinski definition) is 8. The average Bonchev–Trinajstić information content (AvgIpc) is 3.31. The first kappa shape index (κ1) is 25.6. The van der Waals surface area contributed by atoms with E-state index in [0.717, 1.165) is 16.7 Å². The standard InChI is InChI=1S/C31H26N2O6S/c1-3-37-30(35)26-27(20-7-5-4-6-8-20)32-31-33(28(26)21-10-12-22(36-2)13-11-21)29(34)25(40-31)18-19-9-14-23-24(17-19)39-16-15-38-23/h4-14,17-18,28H,3,15-16H2,1-2H3/b25-18-/t28-/m0/s1. The Kier molecular flexibility index (Phi) is 6.96. The molecule has 4 aromatic rings. The highest BCUT2D eigenvalue weighted by molar-refractivity contribution is 7.07. The Bertz CT molecular complexity index is 1790. The summed E-state index contributed by atoms with van der Waals surface area (Å²) in [7, 11) is 1.59. The van der Waals surface area contributed by atoms with Crippen molar-refractivity contribution in [2.75, 3.05) is 26.9 Å².